The van der Waals surface area contributed by atoms with Crippen molar-refractivity contribution in [1.29, 1.82) is 0 Å². The van der Waals surface area contributed by atoms with Crippen molar-refractivity contribution < 1.29 is 17.9 Å². The van der Waals surface area contributed by atoms with Gasteiger partial charge in [0.25, 0.3) is 15.9 Å². The van der Waals surface area contributed by atoms with Crippen LogP contribution >= 0.6 is 22.9 Å². The highest BCUT2D eigenvalue weighted by molar-refractivity contribution is 7.92. The second kappa shape index (κ2) is 11.8. The predicted molar refractivity (Wildman–Crippen MR) is 156 cm³/mol. The number of rotatable bonds is 9. The molecule has 0 saturated carbocycles. The number of methoxy groups -OCH3 is 1. The number of hydrogen-bond acceptors (Lipinski definition) is 8. The number of carbonyl (C=O) groups is 1. The maximum atomic E-state index is 12.6. The lowest BCUT2D eigenvalue weighted by Crippen LogP contribution is -2.48. The molecule has 2 N–H and O–H groups in total. The second-order valence-corrected chi connectivity index (χ2v) is 12.2. The van der Waals surface area contributed by atoms with Crippen LogP contribution in [-0.2, 0) is 10.0 Å². The number of ether oxygens (including phenoxy) is 1. The van der Waals surface area contributed by atoms with E-state index in [1.807, 2.05) is 18.2 Å². The lowest BCUT2D eigenvalue weighted by molar-refractivity contribution is 0.0948. The topological polar surface area (TPSA) is 104 Å². The zero-order valence-electron chi connectivity index (χ0n) is 21.3. The number of fused-ring (bicyclic) bond motifs is 1. The summed E-state index contributed by atoms with van der Waals surface area (Å²) in [4.78, 5) is 22.1. The van der Waals surface area contributed by atoms with Crippen LogP contribution < -0.4 is 19.7 Å². The molecular weight excluding hydrogens is 558 g/mol. The standard InChI is InChI=1S/C27H28ClN5O4S2/c1-37-22-7-9-23(10-8-22)39(35,36)31-21-5-2-19(3-6-21)26(34)29-12-13-32-14-16-33(17-15-32)27-30-24-11-4-20(28)18-25(24)38-27/h2-11,18,31H,12-17H2,1H3,(H,29,34). The van der Waals surface area contributed by atoms with Gasteiger partial charge in [-0.25, -0.2) is 13.4 Å². The third kappa shape index (κ3) is 6.62. The first kappa shape index (κ1) is 27.2. The fourth-order valence-corrected chi connectivity index (χ4v) is 6.62. The molecule has 5 rings (SSSR count). The van der Waals surface area contributed by atoms with Crippen molar-refractivity contribution >= 4 is 59.9 Å². The predicted octanol–water partition coefficient (Wildman–Crippen LogP) is 4.31. The summed E-state index contributed by atoms with van der Waals surface area (Å²) in [6, 6.07) is 18.2. The highest BCUT2D eigenvalue weighted by atomic mass is 35.5. The van der Waals surface area contributed by atoms with Crippen LogP contribution in [0.4, 0.5) is 10.8 Å². The van der Waals surface area contributed by atoms with Gasteiger partial charge in [0.05, 0.1) is 22.2 Å². The summed E-state index contributed by atoms with van der Waals surface area (Å²) >= 11 is 7.76. The third-order valence-electron chi connectivity index (χ3n) is 6.46. The summed E-state index contributed by atoms with van der Waals surface area (Å²) in [6.45, 7) is 4.77. The molecule has 39 heavy (non-hydrogen) atoms. The third-order valence-corrected chi connectivity index (χ3v) is 9.18. The number of anilines is 2. The van der Waals surface area contributed by atoms with Gasteiger partial charge < -0.3 is 15.0 Å². The molecule has 0 atom stereocenters. The molecule has 204 valence electrons. The van der Waals surface area contributed by atoms with Gasteiger partial charge in [0.2, 0.25) is 0 Å². The number of hydrogen-bond donors (Lipinski definition) is 2. The van der Waals surface area contributed by atoms with Crippen LogP contribution in [0.5, 0.6) is 5.75 Å². The van der Waals surface area contributed by atoms with E-state index in [0.717, 1.165) is 53.1 Å². The lowest BCUT2D eigenvalue weighted by atomic mass is 10.2. The Morgan fingerprint density at radius 3 is 2.44 bits per heavy atom. The summed E-state index contributed by atoms with van der Waals surface area (Å²) in [5.74, 6) is 0.369. The van der Waals surface area contributed by atoms with Crippen LogP contribution in [0.3, 0.4) is 0 Å². The van der Waals surface area contributed by atoms with Crippen molar-refractivity contribution in [3.63, 3.8) is 0 Å². The van der Waals surface area contributed by atoms with Gasteiger partial charge in [0, 0.05) is 55.5 Å². The van der Waals surface area contributed by atoms with E-state index in [0.29, 0.717) is 23.5 Å². The van der Waals surface area contributed by atoms with Gasteiger partial charge in [0.1, 0.15) is 5.75 Å². The van der Waals surface area contributed by atoms with Crippen LogP contribution in [0, 0.1) is 0 Å². The highest BCUT2D eigenvalue weighted by Crippen LogP contribution is 2.31. The largest absolute Gasteiger partial charge is 0.497 e. The van der Waals surface area contributed by atoms with E-state index in [4.69, 9.17) is 21.3 Å². The van der Waals surface area contributed by atoms with E-state index in [1.54, 1.807) is 47.7 Å². The first-order valence-electron chi connectivity index (χ1n) is 12.4. The molecule has 1 fully saturated rings. The number of aromatic nitrogens is 1. The molecule has 3 aromatic carbocycles. The van der Waals surface area contributed by atoms with Gasteiger partial charge in [-0.3, -0.25) is 14.4 Å². The zero-order chi connectivity index (χ0) is 27.4. The molecule has 0 spiro atoms. The normalized spacial score (nSPS) is 14.4. The molecule has 0 aliphatic carbocycles. The molecule has 1 amide bonds. The van der Waals surface area contributed by atoms with Crippen LogP contribution in [0.25, 0.3) is 10.2 Å². The van der Waals surface area contributed by atoms with Gasteiger partial charge in [-0.15, -0.1) is 0 Å². The van der Waals surface area contributed by atoms with Crippen molar-refractivity contribution in [2.24, 2.45) is 0 Å². The summed E-state index contributed by atoms with van der Waals surface area (Å²) in [7, 11) is -2.23. The van der Waals surface area contributed by atoms with Gasteiger partial charge in [0.15, 0.2) is 5.13 Å². The lowest BCUT2D eigenvalue weighted by Gasteiger charge is -2.34. The molecule has 1 aromatic heterocycles. The van der Waals surface area contributed by atoms with Gasteiger partial charge in [-0.1, -0.05) is 22.9 Å². The summed E-state index contributed by atoms with van der Waals surface area (Å²) < 4.78 is 33.9. The Hall–Kier alpha value is -3.38. The molecule has 9 nitrogen and oxygen atoms in total. The van der Waals surface area contributed by atoms with Gasteiger partial charge in [-0.2, -0.15) is 0 Å². The van der Waals surface area contributed by atoms with Crippen molar-refractivity contribution in [3.05, 3.63) is 77.3 Å². The molecule has 0 bridgehead atoms. The SMILES string of the molecule is COc1ccc(S(=O)(=O)Nc2ccc(C(=O)NCCN3CCN(c4nc5ccc(Cl)cc5s4)CC3)cc2)cc1. The van der Waals surface area contributed by atoms with E-state index in [1.165, 1.54) is 19.2 Å². The molecule has 0 radical (unpaired) electrons. The Labute approximate surface area is 236 Å². The van der Waals surface area contributed by atoms with E-state index in [9.17, 15) is 13.2 Å². The summed E-state index contributed by atoms with van der Waals surface area (Å²) in [5, 5.41) is 4.68. The van der Waals surface area contributed by atoms with Gasteiger partial charge in [-0.05, 0) is 66.7 Å². The smallest absolute Gasteiger partial charge is 0.261 e. The fraction of sp³-hybridized carbons (Fsp3) is 0.259. The van der Waals surface area contributed by atoms with Crippen molar-refractivity contribution in [2.75, 3.05) is 56.0 Å². The molecule has 0 unspecified atom stereocenters. The van der Waals surface area contributed by atoms with Crippen LogP contribution in [0.1, 0.15) is 10.4 Å². The Bertz CT molecular complexity index is 1550. The van der Waals surface area contributed by atoms with E-state index in [2.05, 4.69) is 19.8 Å². The summed E-state index contributed by atoms with van der Waals surface area (Å²) in [6.07, 6.45) is 0. The number of thiazole rings is 1. The average Bonchev–Trinajstić information content (AvgIpc) is 3.37. The quantitative estimate of drug-likeness (QED) is 0.302. The number of nitrogens with zero attached hydrogens (tertiary/aromatic N) is 3. The summed E-state index contributed by atoms with van der Waals surface area (Å²) in [5.41, 5.74) is 1.80. The van der Waals surface area contributed by atoms with Crippen molar-refractivity contribution in [3.8, 4) is 5.75 Å². The zero-order valence-corrected chi connectivity index (χ0v) is 23.7. The number of amides is 1. The van der Waals surface area contributed by atoms with E-state index in [-0.39, 0.29) is 10.8 Å². The molecule has 1 saturated heterocycles. The first-order chi connectivity index (χ1) is 18.8. The Morgan fingerprint density at radius 1 is 1.03 bits per heavy atom. The van der Waals surface area contributed by atoms with Crippen molar-refractivity contribution in [2.45, 2.75) is 4.90 Å². The maximum Gasteiger partial charge on any atom is 0.261 e. The number of nitrogens with one attached hydrogen (secondary N) is 2. The minimum Gasteiger partial charge on any atom is -0.497 e. The second-order valence-electron chi connectivity index (χ2n) is 9.05. The van der Waals surface area contributed by atoms with E-state index < -0.39 is 10.0 Å². The molecule has 4 aromatic rings. The monoisotopic (exact) mass is 585 g/mol. The van der Waals surface area contributed by atoms with Crippen molar-refractivity contribution in [1.82, 2.24) is 15.2 Å². The van der Waals surface area contributed by atoms with E-state index >= 15 is 0 Å². The number of halogens is 1. The minimum atomic E-state index is -3.75. The van der Waals surface area contributed by atoms with Crippen LogP contribution in [0.2, 0.25) is 5.02 Å². The number of sulfonamides is 1. The fourth-order valence-electron chi connectivity index (χ4n) is 4.27. The number of piperazine rings is 1. The molecule has 1 aliphatic rings. The Kier molecular flexibility index (Phi) is 8.22. The Morgan fingerprint density at radius 2 is 1.74 bits per heavy atom. The minimum absolute atomic E-state index is 0.121. The Balaban J connectivity index is 1.07. The molecular formula is C27H28ClN5O4S2. The first-order valence-corrected chi connectivity index (χ1v) is 15.1. The molecule has 12 heteroatoms. The van der Waals surface area contributed by atoms with Crippen LogP contribution in [-0.4, -0.2) is 70.6 Å². The molecule has 2 heterocycles. The average molecular weight is 586 g/mol. The number of benzene rings is 3. The molecule has 1 aliphatic heterocycles. The maximum absolute atomic E-state index is 12.6. The van der Waals surface area contributed by atoms with Crippen LogP contribution in [0.15, 0.2) is 71.6 Å². The highest BCUT2D eigenvalue weighted by Gasteiger charge is 2.20. The number of carbonyl (C=O) groups excluding carboxylic acids is 1. The van der Waals surface area contributed by atoms with Gasteiger partial charge >= 0.3 is 0 Å².